The van der Waals surface area contributed by atoms with Gasteiger partial charge in [-0.3, -0.25) is 0 Å². The van der Waals surface area contributed by atoms with Crippen LogP contribution in [0.2, 0.25) is 0 Å². The molecule has 100 valence electrons. The van der Waals surface area contributed by atoms with E-state index in [1.807, 2.05) is 25.1 Å². The summed E-state index contributed by atoms with van der Waals surface area (Å²) in [4.78, 5) is 1.67. The van der Waals surface area contributed by atoms with E-state index in [0.29, 0.717) is 15.9 Å². The third-order valence-corrected chi connectivity index (χ3v) is 4.97. The Bertz CT molecular complexity index is 613. The van der Waals surface area contributed by atoms with Crippen LogP contribution in [0.3, 0.4) is 0 Å². The van der Waals surface area contributed by atoms with Gasteiger partial charge in [-0.1, -0.05) is 35.5 Å². The van der Waals surface area contributed by atoms with Crippen molar-refractivity contribution < 1.29 is 4.39 Å². The molecule has 2 N–H and O–H groups in total. The van der Waals surface area contributed by atoms with Crippen LogP contribution in [0.1, 0.15) is 16.7 Å². The highest BCUT2D eigenvalue weighted by Gasteiger charge is 2.12. The predicted molar refractivity (Wildman–Crippen MR) is 82.0 cm³/mol. The Morgan fingerprint density at radius 1 is 1.16 bits per heavy atom. The topological polar surface area (TPSA) is 26.0 Å². The van der Waals surface area contributed by atoms with Crippen LogP contribution in [-0.4, -0.2) is 0 Å². The average molecular weight is 340 g/mol. The molecule has 0 spiro atoms. The highest BCUT2D eigenvalue weighted by molar-refractivity contribution is 9.10. The Balaban J connectivity index is 2.36. The molecule has 0 unspecified atom stereocenters. The number of rotatable bonds is 3. The first-order chi connectivity index (χ1) is 9.02. The molecular formula is C15H15BrFNS. The van der Waals surface area contributed by atoms with E-state index in [1.54, 1.807) is 6.07 Å². The van der Waals surface area contributed by atoms with E-state index in [9.17, 15) is 4.39 Å². The van der Waals surface area contributed by atoms with Crippen LogP contribution in [0, 0.1) is 19.7 Å². The molecule has 0 saturated carbocycles. The zero-order chi connectivity index (χ0) is 14.0. The summed E-state index contributed by atoms with van der Waals surface area (Å²) in [7, 11) is 0. The minimum Gasteiger partial charge on any atom is -0.326 e. The smallest absolute Gasteiger partial charge is 0.151 e. The van der Waals surface area contributed by atoms with Crippen molar-refractivity contribution in [1.82, 2.24) is 0 Å². The summed E-state index contributed by atoms with van der Waals surface area (Å²) in [5, 5.41) is 0. The van der Waals surface area contributed by atoms with Gasteiger partial charge in [0.15, 0.2) is 5.82 Å². The molecule has 2 aromatic rings. The third-order valence-electron chi connectivity index (χ3n) is 2.90. The summed E-state index contributed by atoms with van der Waals surface area (Å²) in [6.45, 7) is 4.41. The quantitative estimate of drug-likeness (QED) is 0.867. The molecule has 0 aliphatic heterocycles. The van der Waals surface area contributed by atoms with Gasteiger partial charge < -0.3 is 5.73 Å². The number of hydrogen-bond donors (Lipinski definition) is 1. The maximum absolute atomic E-state index is 14.2. The second-order valence-corrected chi connectivity index (χ2v) is 6.30. The summed E-state index contributed by atoms with van der Waals surface area (Å²) >= 11 is 4.70. The van der Waals surface area contributed by atoms with Gasteiger partial charge in [0.25, 0.3) is 0 Å². The van der Waals surface area contributed by atoms with Crippen LogP contribution < -0.4 is 5.73 Å². The largest absolute Gasteiger partial charge is 0.326 e. The molecule has 2 aromatic carbocycles. The fourth-order valence-electron chi connectivity index (χ4n) is 1.84. The predicted octanol–water partition coefficient (Wildman–Crippen LogP) is 4.81. The molecule has 0 amide bonds. The average Bonchev–Trinajstić information content (AvgIpc) is 2.38. The SMILES string of the molecule is Cc1ccc(Sc2ccc(CN)c(Br)c2F)c(C)c1. The third kappa shape index (κ3) is 3.19. The van der Waals surface area contributed by atoms with Crippen LogP contribution in [0.5, 0.6) is 0 Å². The molecule has 0 aliphatic rings. The molecule has 1 nitrogen and oxygen atoms in total. The van der Waals surface area contributed by atoms with Gasteiger partial charge in [-0.25, -0.2) is 4.39 Å². The van der Waals surface area contributed by atoms with E-state index in [-0.39, 0.29) is 5.82 Å². The fraction of sp³-hybridized carbons (Fsp3) is 0.200. The van der Waals surface area contributed by atoms with Gasteiger partial charge in [-0.05, 0) is 53.0 Å². The normalized spacial score (nSPS) is 10.8. The molecule has 0 fully saturated rings. The summed E-state index contributed by atoms with van der Waals surface area (Å²) in [6, 6.07) is 9.81. The van der Waals surface area contributed by atoms with Gasteiger partial charge in [0.2, 0.25) is 0 Å². The summed E-state index contributed by atoms with van der Waals surface area (Å²) in [5.74, 6) is -0.243. The van der Waals surface area contributed by atoms with Crippen molar-refractivity contribution in [3.63, 3.8) is 0 Å². The summed E-state index contributed by atoms with van der Waals surface area (Å²) in [5.41, 5.74) is 8.71. The van der Waals surface area contributed by atoms with E-state index in [2.05, 4.69) is 28.9 Å². The minimum absolute atomic E-state index is 0.243. The van der Waals surface area contributed by atoms with Gasteiger partial charge in [0.05, 0.1) is 4.47 Å². The number of benzene rings is 2. The van der Waals surface area contributed by atoms with Crippen molar-refractivity contribution in [3.05, 3.63) is 57.3 Å². The number of nitrogens with two attached hydrogens (primary N) is 1. The maximum atomic E-state index is 14.2. The number of hydrogen-bond acceptors (Lipinski definition) is 2. The molecule has 0 aromatic heterocycles. The molecule has 19 heavy (non-hydrogen) atoms. The fourth-order valence-corrected chi connectivity index (χ4v) is 3.40. The molecule has 2 rings (SSSR count). The van der Waals surface area contributed by atoms with E-state index in [4.69, 9.17) is 5.73 Å². The van der Waals surface area contributed by atoms with Gasteiger partial charge in [0.1, 0.15) is 0 Å². The van der Waals surface area contributed by atoms with Crippen molar-refractivity contribution in [3.8, 4) is 0 Å². The van der Waals surface area contributed by atoms with Crippen LogP contribution >= 0.6 is 27.7 Å². The molecule has 0 atom stereocenters. The lowest BCUT2D eigenvalue weighted by Gasteiger charge is -2.10. The molecule has 0 bridgehead atoms. The van der Waals surface area contributed by atoms with Gasteiger partial charge in [-0.2, -0.15) is 0 Å². The lowest BCUT2D eigenvalue weighted by Crippen LogP contribution is -1.99. The second-order valence-electron chi connectivity index (χ2n) is 4.43. The molecule has 0 radical (unpaired) electrons. The summed E-state index contributed by atoms with van der Waals surface area (Å²) in [6.07, 6.45) is 0. The molecule has 0 heterocycles. The zero-order valence-corrected chi connectivity index (χ0v) is 13.2. The summed E-state index contributed by atoms with van der Waals surface area (Å²) < 4.78 is 14.7. The van der Waals surface area contributed by atoms with Crippen LogP contribution in [0.15, 0.2) is 44.6 Å². The zero-order valence-electron chi connectivity index (χ0n) is 10.8. The van der Waals surface area contributed by atoms with Crippen molar-refractivity contribution >= 4 is 27.7 Å². The molecule has 4 heteroatoms. The van der Waals surface area contributed by atoms with Gasteiger partial charge in [-0.15, -0.1) is 0 Å². The lowest BCUT2D eigenvalue weighted by atomic mass is 10.2. The van der Waals surface area contributed by atoms with Crippen molar-refractivity contribution in [1.29, 1.82) is 0 Å². The Hall–Kier alpha value is -0.840. The van der Waals surface area contributed by atoms with E-state index < -0.39 is 0 Å². The molecule has 0 aliphatic carbocycles. The van der Waals surface area contributed by atoms with Crippen molar-refractivity contribution in [2.75, 3.05) is 0 Å². The Morgan fingerprint density at radius 2 is 1.84 bits per heavy atom. The first kappa shape index (κ1) is 14.6. The highest BCUT2D eigenvalue weighted by Crippen LogP contribution is 2.36. The Kier molecular flexibility index (Phi) is 4.66. The number of aryl methyl sites for hydroxylation is 2. The molecule has 0 saturated heterocycles. The van der Waals surface area contributed by atoms with Gasteiger partial charge in [0, 0.05) is 16.3 Å². The van der Waals surface area contributed by atoms with Gasteiger partial charge >= 0.3 is 0 Å². The van der Waals surface area contributed by atoms with E-state index in [0.717, 1.165) is 16.0 Å². The van der Waals surface area contributed by atoms with Crippen LogP contribution in [0.4, 0.5) is 4.39 Å². The van der Waals surface area contributed by atoms with Crippen LogP contribution in [-0.2, 0) is 6.54 Å². The lowest BCUT2D eigenvalue weighted by molar-refractivity contribution is 0.592. The van der Waals surface area contributed by atoms with Crippen molar-refractivity contribution in [2.24, 2.45) is 5.73 Å². The second kappa shape index (κ2) is 6.07. The maximum Gasteiger partial charge on any atom is 0.151 e. The highest BCUT2D eigenvalue weighted by atomic mass is 79.9. The monoisotopic (exact) mass is 339 g/mol. The Labute approximate surface area is 125 Å². The minimum atomic E-state index is -0.243. The van der Waals surface area contributed by atoms with E-state index in [1.165, 1.54) is 17.3 Å². The number of halogens is 2. The van der Waals surface area contributed by atoms with E-state index >= 15 is 0 Å². The Morgan fingerprint density at radius 3 is 2.47 bits per heavy atom. The molecular weight excluding hydrogens is 325 g/mol. The van der Waals surface area contributed by atoms with Crippen LogP contribution in [0.25, 0.3) is 0 Å². The first-order valence-corrected chi connectivity index (χ1v) is 7.56. The standard InChI is InChI=1S/C15H15BrFNS/c1-9-3-5-12(10(2)7-9)19-13-6-4-11(8-18)14(16)15(13)17/h3-7H,8,18H2,1-2H3. The first-order valence-electron chi connectivity index (χ1n) is 5.95. The van der Waals surface area contributed by atoms with Crippen molar-refractivity contribution in [2.45, 2.75) is 30.2 Å².